The van der Waals surface area contributed by atoms with E-state index in [1.807, 2.05) is 54.6 Å². The van der Waals surface area contributed by atoms with E-state index in [1.165, 1.54) is 0 Å². The van der Waals surface area contributed by atoms with E-state index in [0.29, 0.717) is 6.61 Å². The van der Waals surface area contributed by atoms with Crippen molar-refractivity contribution in [1.82, 2.24) is 0 Å². The fourth-order valence-electron chi connectivity index (χ4n) is 3.31. The molecule has 5 nitrogen and oxygen atoms in total. The van der Waals surface area contributed by atoms with Gasteiger partial charge in [-0.05, 0) is 30.0 Å². The summed E-state index contributed by atoms with van der Waals surface area (Å²) in [6.45, 7) is 2.03. The molecule has 2 aromatic carbocycles. The molecule has 0 bridgehead atoms. The number of hydrogen-bond donors (Lipinski definition) is 2. The maximum Gasteiger partial charge on any atom is 0.211 e. The number of benzene rings is 2. The average Bonchev–Trinajstić information content (AvgIpc) is 2.97. The maximum absolute atomic E-state index is 11.5. The van der Waals surface area contributed by atoms with E-state index in [9.17, 15) is 13.5 Å². The molecule has 3 atom stereocenters. The van der Waals surface area contributed by atoms with Crippen molar-refractivity contribution in [1.29, 1.82) is 0 Å². The molecule has 1 aliphatic heterocycles. The molecule has 1 saturated heterocycles. The van der Waals surface area contributed by atoms with Crippen molar-refractivity contribution < 1.29 is 18.3 Å². The van der Waals surface area contributed by atoms with Gasteiger partial charge < -0.3 is 9.84 Å². The van der Waals surface area contributed by atoms with Gasteiger partial charge in [0.1, 0.15) is 5.60 Å². The zero-order valence-electron chi connectivity index (χ0n) is 14.1. The Bertz CT molecular complexity index is 820. The Labute approximate surface area is 148 Å². The molecule has 3 N–H and O–H groups in total. The van der Waals surface area contributed by atoms with Crippen molar-refractivity contribution in [2.75, 3.05) is 13.2 Å². The van der Waals surface area contributed by atoms with E-state index in [1.54, 1.807) is 6.92 Å². The van der Waals surface area contributed by atoms with Crippen LogP contribution >= 0.6 is 0 Å². The van der Waals surface area contributed by atoms with Gasteiger partial charge in [0.15, 0.2) is 0 Å². The van der Waals surface area contributed by atoms with Crippen LogP contribution in [0.3, 0.4) is 0 Å². The van der Waals surface area contributed by atoms with Crippen molar-refractivity contribution in [3.05, 3.63) is 60.2 Å². The van der Waals surface area contributed by atoms with E-state index >= 15 is 0 Å². The molecule has 134 valence electrons. The summed E-state index contributed by atoms with van der Waals surface area (Å²) in [4.78, 5) is 0. The molecule has 0 radical (unpaired) electrons. The molecule has 1 aliphatic rings. The topological polar surface area (TPSA) is 89.6 Å². The standard InChI is InChI=1S/C19H23NO4S/c1-14(25(20,22)23)11-18-12-24-13-19(18,21)17-9-7-16(8-10-17)15-5-3-2-4-6-15/h2-10,14,18,21H,11-13H2,1H3,(H2,20,22,23)/t14?,18-,19+/m0/s1. The Morgan fingerprint density at radius 1 is 1.16 bits per heavy atom. The molecule has 3 rings (SSSR count). The summed E-state index contributed by atoms with van der Waals surface area (Å²) in [5.74, 6) is -0.316. The van der Waals surface area contributed by atoms with E-state index in [4.69, 9.17) is 9.88 Å². The highest BCUT2D eigenvalue weighted by Crippen LogP contribution is 2.39. The second-order valence-corrected chi connectivity index (χ2v) is 8.70. The molecule has 0 saturated carbocycles. The molecule has 1 unspecified atom stereocenters. The zero-order chi connectivity index (χ0) is 18.1. The van der Waals surface area contributed by atoms with Crippen LogP contribution in [0.4, 0.5) is 0 Å². The highest BCUT2D eigenvalue weighted by atomic mass is 32.2. The highest BCUT2D eigenvalue weighted by Gasteiger charge is 2.45. The largest absolute Gasteiger partial charge is 0.382 e. The van der Waals surface area contributed by atoms with Gasteiger partial charge >= 0.3 is 0 Å². The number of aliphatic hydroxyl groups is 1. The molecule has 0 aliphatic carbocycles. The minimum atomic E-state index is -3.63. The van der Waals surface area contributed by atoms with Gasteiger partial charge in [-0.25, -0.2) is 13.6 Å². The Hall–Kier alpha value is -1.73. The summed E-state index contributed by atoms with van der Waals surface area (Å²) in [6, 6.07) is 17.7. The summed E-state index contributed by atoms with van der Waals surface area (Å²) in [5.41, 5.74) is 1.69. The van der Waals surface area contributed by atoms with Gasteiger partial charge in [0.2, 0.25) is 10.0 Å². The third-order valence-electron chi connectivity index (χ3n) is 4.99. The number of nitrogens with two attached hydrogens (primary N) is 1. The van der Waals surface area contributed by atoms with Crippen molar-refractivity contribution in [2.24, 2.45) is 11.1 Å². The predicted molar refractivity (Wildman–Crippen MR) is 97.3 cm³/mol. The molecular weight excluding hydrogens is 338 g/mol. The van der Waals surface area contributed by atoms with Gasteiger partial charge in [0.25, 0.3) is 0 Å². The quantitative estimate of drug-likeness (QED) is 0.855. The maximum atomic E-state index is 11.5. The van der Waals surface area contributed by atoms with Gasteiger partial charge in [0, 0.05) is 5.92 Å². The molecule has 2 aromatic rings. The van der Waals surface area contributed by atoms with E-state index in [-0.39, 0.29) is 18.9 Å². The van der Waals surface area contributed by atoms with E-state index in [2.05, 4.69) is 0 Å². The SMILES string of the molecule is CC(C[C@H]1COC[C@@]1(O)c1ccc(-c2ccccc2)cc1)S(N)(=O)=O. The number of primary sulfonamides is 1. The summed E-state index contributed by atoms with van der Waals surface area (Å²) < 4.78 is 28.5. The van der Waals surface area contributed by atoms with Crippen LogP contribution in [0, 0.1) is 5.92 Å². The molecule has 25 heavy (non-hydrogen) atoms. The van der Waals surface area contributed by atoms with Crippen molar-refractivity contribution in [3.63, 3.8) is 0 Å². The van der Waals surface area contributed by atoms with Crippen LogP contribution in [0.5, 0.6) is 0 Å². The Kier molecular flexibility index (Phi) is 4.97. The summed E-state index contributed by atoms with van der Waals surface area (Å²) in [7, 11) is -3.63. The van der Waals surface area contributed by atoms with Crippen molar-refractivity contribution in [2.45, 2.75) is 24.2 Å². The Balaban J connectivity index is 1.84. The van der Waals surface area contributed by atoms with Crippen molar-refractivity contribution in [3.8, 4) is 11.1 Å². The van der Waals surface area contributed by atoms with Gasteiger partial charge in [-0.3, -0.25) is 0 Å². The van der Waals surface area contributed by atoms with Crippen LogP contribution in [0.2, 0.25) is 0 Å². The molecule has 1 heterocycles. The van der Waals surface area contributed by atoms with E-state index in [0.717, 1.165) is 16.7 Å². The smallest absolute Gasteiger partial charge is 0.211 e. The van der Waals surface area contributed by atoms with Crippen LogP contribution in [-0.2, 0) is 20.4 Å². The number of rotatable bonds is 5. The van der Waals surface area contributed by atoms with Gasteiger partial charge in [-0.2, -0.15) is 0 Å². The highest BCUT2D eigenvalue weighted by molar-refractivity contribution is 7.89. The molecule has 1 fully saturated rings. The second-order valence-electron chi connectivity index (χ2n) is 6.72. The normalized spacial score (nSPS) is 25.0. The summed E-state index contributed by atoms with van der Waals surface area (Å²) >= 11 is 0. The average molecular weight is 361 g/mol. The number of ether oxygens (including phenoxy) is 1. The number of hydrogen-bond acceptors (Lipinski definition) is 4. The lowest BCUT2D eigenvalue weighted by Gasteiger charge is -2.30. The molecule has 0 spiro atoms. The molecule has 0 aromatic heterocycles. The van der Waals surface area contributed by atoms with Gasteiger partial charge in [-0.1, -0.05) is 54.6 Å². The van der Waals surface area contributed by atoms with Crippen LogP contribution in [0.1, 0.15) is 18.9 Å². The first-order valence-electron chi connectivity index (χ1n) is 8.28. The fraction of sp³-hybridized carbons (Fsp3) is 0.368. The molecular formula is C19H23NO4S. The first-order chi connectivity index (χ1) is 11.8. The van der Waals surface area contributed by atoms with Gasteiger partial charge in [0.05, 0.1) is 18.5 Å². The first-order valence-corrected chi connectivity index (χ1v) is 9.89. The number of sulfonamides is 1. The fourth-order valence-corrected chi connectivity index (χ4v) is 3.81. The van der Waals surface area contributed by atoms with Gasteiger partial charge in [-0.15, -0.1) is 0 Å². The third kappa shape index (κ3) is 3.77. The van der Waals surface area contributed by atoms with Crippen LogP contribution < -0.4 is 5.14 Å². The Morgan fingerprint density at radius 2 is 1.76 bits per heavy atom. The van der Waals surface area contributed by atoms with Crippen LogP contribution in [0.25, 0.3) is 11.1 Å². The monoisotopic (exact) mass is 361 g/mol. The summed E-state index contributed by atoms with van der Waals surface area (Å²) in [6.07, 6.45) is 0.260. The minimum absolute atomic E-state index is 0.152. The van der Waals surface area contributed by atoms with E-state index < -0.39 is 20.9 Å². The van der Waals surface area contributed by atoms with Crippen LogP contribution in [-0.4, -0.2) is 32.0 Å². The lowest BCUT2D eigenvalue weighted by molar-refractivity contribution is -0.00577. The molecule has 0 amide bonds. The third-order valence-corrected chi connectivity index (χ3v) is 6.30. The lowest BCUT2D eigenvalue weighted by atomic mass is 9.81. The molecule has 6 heteroatoms. The Morgan fingerprint density at radius 3 is 2.36 bits per heavy atom. The predicted octanol–water partition coefficient (Wildman–Crippen LogP) is 2.25. The lowest BCUT2D eigenvalue weighted by Crippen LogP contribution is -2.38. The first kappa shape index (κ1) is 18.1. The second kappa shape index (κ2) is 6.88. The summed E-state index contributed by atoms with van der Waals surface area (Å²) in [5, 5.41) is 15.6. The zero-order valence-corrected chi connectivity index (χ0v) is 14.9. The van der Waals surface area contributed by atoms with Crippen LogP contribution in [0.15, 0.2) is 54.6 Å². The minimum Gasteiger partial charge on any atom is -0.382 e. The van der Waals surface area contributed by atoms with Crippen molar-refractivity contribution >= 4 is 10.0 Å².